The number of rotatable bonds is 4. The number of hydrogen-bond acceptors (Lipinski definition) is 4. The maximum Gasteiger partial charge on any atom is 0.178 e. The molecule has 1 aromatic carbocycles. The first-order chi connectivity index (χ1) is 10.2. The van der Waals surface area contributed by atoms with E-state index in [2.05, 4.69) is 21.4 Å². The van der Waals surface area contributed by atoms with E-state index < -0.39 is 0 Å². The van der Waals surface area contributed by atoms with Crippen LogP contribution in [0.2, 0.25) is 0 Å². The summed E-state index contributed by atoms with van der Waals surface area (Å²) in [6.07, 6.45) is 0.187. The summed E-state index contributed by atoms with van der Waals surface area (Å²) in [5.41, 5.74) is 2.10. The van der Waals surface area contributed by atoms with Crippen LogP contribution in [0.4, 0.5) is 0 Å². The lowest BCUT2D eigenvalue weighted by Gasteiger charge is -2.32. The van der Waals surface area contributed by atoms with E-state index in [4.69, 9.17) is 21.7 Å². The summed E-state index contributed by atoms with van der Waals surface area (Å²) in [6, 6.07) is 5.98. The molecule has 1 aromatic heterocycles. The third-order valence-corrected chi connectivity index (χ3v) is 4.36. The van der Waals surface area contributed by atoms with Gasteiger partial charge in [0, 0.05) is 19.2 Å². The van der Waals surface area contributed by atoms with Crippen molar-refractivity contribution in [1.82, 2.24) is 14.5 Å². The zero-order valence-corrected chi connectivity index (χ0v) is 13.3. The van der Waals surface area contributed by atoms with Gasteiger partial charge in [-0.2, -0.15) is 0 Å². The van der Waals surface area contributed by atoms with Crippen LogP contribution in [0.5, 0.6) is 5.75 Å². The maximum atomic E-state index is 5.88. The van der Waals surface area contributed by atoms with Crippen molar-refractivity contribution in [2.24, 2.45) is 0 Å². The molecule has 1 fully saturated rings. The Morgan fingerprint density at radius 1 is 1.48 bits per heavy atom. The highest BCUT2D eigenvalue weighted by Gasteiger charge is 2.20. The van der Waals surface area contributed by atoms with Crippen molar-refractivity contribution in [3.05, 3.63) is 23.0 Å². The Balaban J connectivity index is 1.86. The predicted molar refractivity (Wildman–Crippen MR) is 85.5 cm³/mol. The molecule has 5 nitrogen and oxygen atoms in total. The number of aromatic amines is 1. The van der Waals surface area contributed by atoms with E-state index in [1.54, 1.807) is 7.11 Å². The number of morpholine rings is 1. The second kappa shape index (κ2) is 6.17. The van der Waals surface area contributed by atoms with Crippen LogP contribution in [-0.4, -0.2) is 53.9 Å². The summed E-state index contributed by atoms with van der Waals surface area (Å²) < 4.78 is 14.0. The van der Waals surface area contributed by atoms with Crippen molar-refractivity contribution in [1.29, 1.82) is 0 Å². The summed E-state index contributed by atoms with van der Waals surface area (Å²) >= 11 is 5.46. The molecular formula is C15H21N3O2S. The summed E-state index contributed by atoms with van der Waals surface area (Å²) in [5.74, 6) is 0.831. The molecule has 1 aliphatic rings. The molecule has 0 amide bonds. The van der Waals surface area contributed by atoms with Crippen LogP contribution in [-0.2, 0) is 11.3 Å². The van der Waals surface area contributed by atoms with Gasteiger partial charge in [-0.25, -0.2) is 0 Å². The van der Waals surface area contributed by atoms with Gasteiger partial charge in [-0.05, 0) is 30.9 Å². The number of fused-ring (bicyclic) bond motifs is 1. The van der Waals surface area contributed by atoms with Crippen LogP contribution in [0.1, 0.15) is 6.92 Å². The number of nitrogens with zero attached hydrogens (tertiary/aromatic N) is 2. The molecule has 1 aliphatic heterocycles. The Hall–Kier alpha value is -1.37. The van der Waals surface area contributed by atoms with E-state index in [-0.39, 0.29) is 6.10 Å². The Morgan fingerprint density at radius 3 is 3.10 bits per heavy atom. The van der Waals surface area contributed by atoms with Crippen LogP contribution >= 0.6 is 12.2 Å². The van der Waals surface area contributed by atoms with Crippen molar-refractivity contribution in [2.45, 2.75) is 19.6 Å². The normalized spacial score (nSPS) is 20.0. The van der Waals surface area contributed by atoms with Gasteiger partial charge in [0.25, 0.3) is 0 Å². The highest BCUT2D eigenvalue weighted by Crippen LogP contribution is 2.21. The molecule has 0 radical (unpaired) electrons. The summed E-state index contributed by atoms with van der Waals surface area (Å²) in [7, 11) is 1.67. The molecule has 0 bridgehead atoms. The Morgan fingerprint density at radius 2 is 2.33 bits per heavy atom. The minimum Gasteiger partial charge on any atom is -0.497 e. The molecule has 1 N–H and O–H groups in total. The molecule has 2 aromatic rings. The number of aromatic nitrogens is 2. The highest BCUT2D eigenvalue weighted by atomic mass is 32.1. The van der Waals surface area contributed by atoms with Crippen molar-refractivity contribution < 1.29 is 9.47 Å². The Labute approximate surface area is 129 Å². The molecule has 1 atom stereocenters. The van der Waals surface area contributed by atoms with Gasteiger partial charge in [0.05, 0.1) is 37.4 Å². The molecule has 21 heavy (non-hydrogen) atoms. The standard InChI is InChI=1S/C15H21N3O2S/c1-3-17-6-7-20-12(9-17)10-18-14-5-4-11(19-2)8-13(14)16-15(18)21/h4-5,8,12H,3,6-7,9-10H2,1-2H3,(H,16,21). The van der Waals surface area contributed by atoms with Crippen LogP contribution in [0, 0.1) is 4.77 Å². The van der Waals surface area contributed by atoms with E-state index >= 15 is 0 Å². The van der Waals surface area contributed by atoms with Crippen LogP contribution in [0.15, 0.2) is 18.2 Å². The fraction of sp³-hybridized carbons (Fsp3) is 0.533. The molecule has 1 saturated heterocycles. The first kappa shape index (κ1) is 14.6. The van der Waals surface area contributed by atoms with Crippen molar-refractivity contribution in [2.75, 3.05) is 33.4 Å². The monoisotopic (exact) mass is 307 g/mol. The second-order valence-electron chi connectivity index (χ2n) is 5.31. The Kier molecular flexibility index (Phi) is 4.28. The lowest BCUT2D eigenvalue weighted by atomic mass is 10.2. The van der Waals surface area contributed by atoms with Gasteiger partial charge >= 0.3 is 0 Å². The molecular weight excluding hydrogens is 286 g/mol. The first-order valence-electron chi connectivity index (χ1n) is 7.31. The number of nitrogens with one attached hydrogen (secondary N) is 1. The van der Waals surface area contributed by atoms with Gasteiger partial charge in [-0.3, -0.25) is 4.90 Å². The maximum absolute atomic E-state index is 5.88. The summed E-state index contributed by atoms with van der Waals surface area (Å²) in [6.45, 7) is 6.80. The van der Waals surface area contributed by atoms with Crippen LogP contribution < -0.4 is 4.74 Å². The van der Waals surface area contributed by atoms with E-state index in [0.717, 1.165) is 54.3 Å². The zero-order chi connectivity index (χ0) is 14.8. The van der Waals surface area contributed by atoms with Gasteiger partial charge in [-0.1, -0.05) is 6.92 Å². The number of ether oxygens (including phenoxy) is 2. The fourth-order valence-corrected chi connectivity index (χ4v) is 3.12. The molecule has 0 aliphatic carbocycles. The van der Waals surface area contributed by atoms with Gasteiger partial charge in [0.15, 0.2) is 4.77 Å². The molecule has 2 heterocycles. The van der Waals surface area contributed by atoms with Gasteiger partial charge in [0.1, 0.15) is 5.75 Å². The third-order valence-electron chi connectivity index (χ3n) is 4.04. The lowest BCUT2D eigenvalue weighted by Crippen LogP contribution is -2.43. The average molecular weight is 307 g/mol. The lowest BCUT2D eigenvalue weighted by molar-refractivity contribution is -0.0339. The largest absolute Gasteiger partial charge is 0.497 e. The quantitative estimate of drug-likeness (QED) is 0.881. The number of methoxy groups -OCH3 is 1. The number of H-pyrrole nitrogens is 1. The molecule has 0 saturated carbocycles. The van der Waals surface area contributed by atoms with Gasteiger partial charge in [0.2, 0.25) is 0 Å². The van der Waals surface area contributed by atoms with E-state index in [9.17, 15) is 0 Å². The fourth-order valence-electron chi connectivity index (χ4n) is 2.83. The average Bonchev–Trinajstić information content (AvgIpc) is 2.82. The number of likely N-dealkylation sites (N-methyl/N-ethyl adjacent to an activating group) is 1. The molecule has 1 unspecified atom stereocenters. The minimum atomic E-state index is 0.187. The van der Waals surface area contributed by atoms with Crippen LogP contribution in [0.25, 0.3) is 11.0 Å². The summed E-state index contributed by atoms with van der Waals surface area (Å²) in [4.78, 5) is 5.66. The topological polar surface area (TPSA) is 42.4 Å². The van der Waals surface area contributed by atoms with Gasteiger partial charge < -0.3 is 19.0 Å². The van der Waals surface area contributed by atoms with Crippen molar-refractivity contribution >= 4 is 23.3 Å². The first-order valence-corrected chi connectivity index (χ1v) is 7.72. The number of imidazole rings is 1. The SMILES string of the molecule is CCN1CCOC(Cn2c(=S)[nH]c3cc(OC)ccc32)C1. The molecule has 6 heteroatoms. The predicted octanol–water partition coefficient (Wildman–Crippen LogP) is 2.43. The molecule has 3 rings (SSSR count). The van der Waals surface area contributed by atoms with Crippen LogP contribution in [0.3, 0.4) is 0 Å². The van der Waals surface area contributed by atoms with E-state index in [1.807, 2.05) is 18.2 Å². The zero-order valence-electron chi connectivity index (χ0n) is 12.5. The van der Waals surface area contributed by atoms with Crippen molar-refractivity contribution in [3.63, 3.8) is 0 Å². The van der Waals surface area contributed by atoms with Gasteiger partial charge in [-0.15, -0.1) is 0 Å². The molecule has 114 valence electrons. The number of hydrogen-bond donors (Lipinski definition) is 1. The van der Waals surface area contributed by atoms with E-state index in [1.165, 1.54) is 0 Å². The molecule has 0 spiro atoms. The number of benzene rings is 1. The highest BCUT2D eigenvalue weighted by molar-refractivity contribution is 7.71. The Bertz CT molecular complexity index is 679. The third kappa shape index (κ3) is 2.97. The minimum absolute atomic E-state index is 0.187. The smallest absolute Gasteiger partial charge is 0.178 e. The van der Waals surface area contributed by atoms with Crippen molar-refractivity contribution in [3.8, 4) is 5.75 Å². The van der Waals surface area contributed by atoms with E-state index in [0.29, 0.717) is 0 Å². The summed E-state index contributed by atoms with van der Waals surface area (Å²) in [5, 5.41) is 0. The second-order valence-corrected chi connectivity index (χ2v) is 5.70.